The van der Waals surface area contributed by atoms with Gasteiger partial charge in [-0.2, -0.15) is 0 Å². The SMILES string of the molecule is COC(=O)C1(C(=O)OC)C[C@H]2C=C[C@@H](C)/C(=C\C(C)(C)OCc3ccccc3)[C@H]2C1. The van der Waals surface area contributed by atoms with Crippen LogP contribution in [0.1, 0.15) is 39.2 Å². The molecule has 2 aliphatic rings. The summed E-state index contributed by atoms with van der Waals surface area (Å²) in [6.07, 6.45) is 7.27. The third-order valence-corrected chi connectivity index (χ3v) is 6.39. The van der Waals surface area contributed by atoms with E-state index in [0.29, 0.717) is 19.4 Å². The highest BCUT2D eigenvalue weighted by molar-refractivity contribution is 6.00. The number of ether oxygens (including phenoxy) is 3. The maximum absolute atomic E-state index is 12.6. The molecule has 162 valence electrons. The van der Waals surface area contributed by atoms with Gasteiger partial charge >= 0.3 is 11.9 Å². The van der Waals surface area contributed by atoms with Crippen LogP contribution in [-0.4, -0.2) is 31.8 Å². The number of esters is 2. The average molecular weight is 413 g/mol. The Balaban J connectivity index is 1.86. The zero-order valence-corrected chi connectivity index (χ0v) is 18.5. The molecule has 3 rings (SSSR count). The quantitative estimate of drug-likeness (QED) is 0.392. The van der Waals surface area contributed by atoms with E-state index >= 15 is 0 Å². The maximum Gasteiger partial charge on any atom is 0.323 e. The molecule has 0 unspecified atom stereocenters. The number of methoxy groups -OCH3 is 2. The first-order valence-corrected chi connectivity index (χ1v) is 10.5. The number of rotatable bonds is 6. The van der Waals surface area contributed by atoms with Gasteiger partial charge in [0.05, 0.1) is 26.4 Å². The van der Waals surface area contributed by atoms with Crippen molar-refractivity contribution in [3.8, 4) is 0 Å². The molecule has 1 saturated carbocycles. The summed E-state index contributed by atoms with van der Waals surface area (Å²) in [6, 6.07) is 10.1. The topological polar surface area (TPSA) is 61.8 Å². The lowest BCUT2D eigenvalue weighted by atomic mass is 9.75. The Morgan fingerprint density at radius 1 is 1.07 bits per heavy atom. The van der Waals surface area contributed by atoms with Crippen molar-refractivity contribution < 1.29 is 23.8 Å². The van der Waals surface area contributed by atoms with Crippen molar-refractivity contribution in [3.05, 3.63) is 59.7 Å². The molecular formula is C25H32O5. The molecule has 0 radical (unpaired) electrons. The van der Waals surface area contributed by atoms with Gasteiger partial charge in [0.25, 0.3) is 0 Å². The van der Waals surface area contributed by atoms with Gasteiger partial charge in [-0.25, -0.2) is 0 Å². The van der Waals surface area contributed by atoms with Gasteiger partial charge in [0, 0.05) is 0 Å². The molecule has 0 saturated heterocycles. The van der Waals surface area contributed by atoms with Gasteiger partial charge in [-0.1, -0.05) is 61.1 Å². The fraction of sp³-hybridized carbons (Fsp3) is 0.520. The molecule has 3 atom stereocenters. The van der Waals surface area contributed by atoms with E-state index in [1.54, 1.807) is 0 Å². The number of fused-ring (bicyclic) bond motifs is 1. The predicted molar refractivity (Wildman–Crippen MR) is 114 cm³/mol. The zero-order chi connectivity index (χ0) is 21.9. The van der Waals surface area contributed by atoms with Crippen molar-refractivity contribution in [2.24, 2.45) is 23.2 Å². The monoisotopic (exact) mass is 412 g/mol. The average Bonchev–Trinajstić information content (AvgIpc) is 3.15. The van der Waals surface area contributed by atoms with Gasteiger partial charge in [-0.3, -0.25) is 9.59 Å². The molecule has 2 aliphatic carbocycles. The van der Waals surface area contributed by atoms with Crippen molar-refractivity contribution in [2.75, 3.05) is 14.2 Å². The Labute approximate surface area is 179 Å². The van der Waals surface area contributed by atoms with Crippen molar-refractivity contribution in [1.82, 2.24) is 0 Å². The molecule has 1 fully saturated rings. The van der Waals surface area contributed by atoms with Gasteiger partial charge in [0.1, 0.15) is 0 Å². The number of hydrogen-bond donors (Lipinski definition) is 0. The molecule has 0 heterocycles. The maximum atomic E-state index is 12.6. The predicted octanol–water partition coefficient (Wildman–Crippen LogP) is 4.47. The van der Waals surface area contributed by atoms with Crippen molar-refractivity contribution in [3.63, 3.8) is 0 Å². The first kappa shape index (κ1) is 22.3. The lowest BCUT2D eigenvalue weighted by Crippen LogP contribution is -2.39. The first-order valence-electron chi connectivity index (χ1n) is 10.5. The summed E-state index contributed by atoms with van der Waals surface area (Å²) in [5.74, 6) is -0.650. The van der Waals surface area contributed by atoms with E-state index in [1.807, 2.05) is 44.2 Å². The molecule has 5 nitrogen and oxygen atoms in total. The highest BCUT2D eigenvalue weighted by atomic mass is 16.5. The van der Waals surface area contributed by atoms with E-state index in [0.717, 1.165) is 5.56 Å². The summed E-state index contributed by atoms with van der Waals surface area (Å²) < 4.78 is 16.2. The Hall–Kier alpha value is -2.40. The van der Waals surface area contributed by atoms with Crippen molar-refractivity contribution in [2.45, 2.75) is 45.8 Å². The molecule has 1 aromatic rings. The van der Waals surface area contributed by atoms with E-state index in [9.17, 15) is 9.59 Å². The van der Waals surface area contributed by atoms with Crippen LogP contribution in [-0.2, 0) is 30.4 Å². The number of hydrogen-bond acceptors (Lipinski definition) is 5. The number of allylic oxidation sites excluding steroid dienone is 3. The molecule has 0 spiro atoms. The summed E-state index contributed by atoms with van der Waals surface area (Å²) in [5.41, 5.74) is 0.586. The van der Waals surface area contributed by atoms with Gasteiger partial charge < -0.3 is 14.2 Å². The van der Waals surface area contributed by atoms with E-state index in [4.69, 9.17) is 14.2 Å². The zero-order valence-electron chi connectivity index (χ0n) is 18.5. The first-order chi connectivity index (χ1) is 14.2. The molecular weight excluding hydrogens is 380 g/mol. The van der Waals surface area contributed by atoms with Crippen molar-refractivity contribution >= 4 is 11.9 Å². The van der Waals surface area contributed by atoms with Gasteiger partial charge in [-0.05, 0) is 50.0 Å². The van der Waals surface area contributed by atoms with Crippen LogP contribution in [0.2, 0.25) is 0 Å². The molecule has 0 aromatic heterocycles. The van der Waals surface area contributed by atoms with Crippen LogP contribution in [0, 0.1) is 23.2 Å². The minimum absolute atomic E-state index is 0.0720. The third kappa shape index (κ3) is 4.36. The lowest BCUT2D eigenvalue weighted by molar-refractivity contribution is -0.168. The fourth-order valence-electron chi connectivity index (χ4n) is 4.81. The molecule has 5 heteroatoms. The second-order valence-corrected chi connectivity index (χ2v) is 8.94. The number of carbonyl (C=O) groups is 2. The summed E-state index contributed by atoms with van der Waals surface area (Å²) in [5, 5.41) is 0. The fourth-order valence-corrected chi connectivity index (χ4v) is 4.81. The van der Waals surface area contributed by atoms with Crippen LogP contribution in [0.15, 0.2) is 54.1 Å². The van der Waals surface area contributed by atoms with Gasteiger partial charge in [0.2, 0.25) is 0 Å². The molecule has 0 N–H and O–H groups in total. The van der Waals surface area contributed by atoms with Crippen LogP contribution in [0.25, 0.3) is 0 Å². The van der Waals surface area contributed by atoms with Crippen LogP contribution < -0.4 is 0 Å². The molecule has 1 aromatic carbocycles. The van der Waals surface area contributed by atoms with Crippen LogP contribution in [0.4, 0.5) is 0 Å². The normalized spacial score (nSPS) is 26.3. The molecule has 30 heavy (non-hydrogen) atoms. The Morgan fingerprint density at radius 2 is 1.70 bits per heavy atom. The minimum atomic E-state index is -1.25. The number of carbonyl (C=O) groups excluding carboxylic acids is 2. The minimum Gasteiger partial charge on any atom is -0.468 e. The summed E-state index contributed by atoms with van der Waals surface area (Å²) >= 11 is 0. The largest absolute Gasteiger partial charge is 0.468 e. The highest BCUT2D eigenvalue weighted by Crippen LogP contribution is 2.54. The van der Waals surface area contributed by atoms with E-state index in [2.05, 4.69) is 25.2 Å². The second-order valence-electron chi connectivity index (χ2n) is 8.94. The van der Waals surface area contributed by atoms with Crippen LogP contribution in [0.5, 0.6) is 0 Å². The summed E-state index contributed by atoms with van der Waals surface area (Å²) in [7, 11) is 2.65. The second kappa shape index (κ2) is 8.76. The van der Waals surface area contributed by atoms with Crippen LogP contribution >= 0.6 is 0 Å². The smallest absolute Gasteiger partial charge is 0.323 e. The van der Waals surface area contributed by atoms with Gasteiger partial charge in [-0.15, -0.1) is 0 Å². The summed E-state index contributed by atoms with van der Waals surface area (Å²) in [4.78, 5) is 25.2. The standard InChI is InChI=1S/C25H32O5/c1-17-11-12-19-13-25(22(26)28-4,23(27)29-5)15-21(19)20(17)14-24(2,3)30-16-18-9-7-6-8-10-18/h6-12,14,17,19,21H,13,15-16H2,1-5H3/b20-14+/t17-,19-,21+/m1/s1. The Kier molecular flexibility index (Phi) is 6.51. The molecule has 0 bridgehead atoms. The van der Waals surface area contributed by atoms with E-state index < -0.39 is 23.0 Å². The van der Waals surface area contributed by atoms with E-state index in [-0.39, 0.29) is 17.8 Å². The highest BCUT2D eigenvalue weighted by Gasteiger charge is 2.58. The van der Waals surface area contributed by atoms with E-state index in [1.165, 1.54) is 19.8 Å². The molecule has 0 aliphatic heterocycles. The lowest BCUT2D eigenvalue weighted by Gasteiger charge is -2.32. The Bertz CT molecular complexity index is 820. The van der Waals surface area contributed by atoms with Crippen molar-refractivity contribution in [1.29, 1.82) is 0 Å². The van der Waals surface area contributed by atoms with Crippen LogP contribution in [0.3, 0.4) is 0 Å². The van der Waals surface area contributed by atoms with Gasteiger partial charge in [0.15, 0.2) is 5.41 Å². The number of benzene rings is 1. The summed E-state index contributed by atoms with van der Waals surface area (Å²) in [6.45, 7) is 6.75. The molecule has 0 amide bonds. The Morgan fingerprint density at radius 3 is 2.30 bits per heavy atom. The third-order valence-electron chi connectivity index (χ3n) is 6.39.